The van der Waals surface area contributed by atoms with E-state index in [0.717, 1.165) is 13.1 Å². The molecule has 2 nitrogen and oxygen atoms in total. The Hall–Kier alpha value is -0.860. The van der Waals surface area contributed by atoms with Crippen molar-refractivity contribution >= 4 is 0 Å². The lowest BCUT2D eigenvalue weighted by Gasteiger charge is -2.40. The van der Waals surface area contributed by atoms with E-state index in [0.29, 0.717) is 12.1 Å². The zero-order valence-corrected chi connectivity index (χ0v) is 11.0. The van der Waals surface area contributed by atoms with Gasteiger partial charge in [-0.2, -0.15) is 0 Å². The fraction of sp³-hybridized carbons (Fsp3) is 0.600. The van der Waals surface area contributed by atoms with Crippen LogP contribution in [0.3, 0.4) is 0 Å². The Kier molecular flexibility index (Phi) is 4.57. The fourth-order valence-electron chi connectivity index (χ4n) is 2.78. The first-order valence-electron chi connectivity index (χ1n) is 6.87. The molecule has 1 aromatic rings. The molecule has 2 atom stereocenters. The van der Waals surface area contributed by atoms with Gasteiger partial charge in [0, 0.05) is 25.2 Å². The standard InChI is InChI=1S/C15H24N2/c1-3-8-14-12-17(4-2)15(11-16-14)13-9-6-5-7-10-13/h5-7,9-10,14-16H,3-4,8,11-12H2,1-2H3. The first kappa shape index (κ1) is 12.6. The molecule has 1 heterocycles. The number of hydrogen-bond donors (Lipinski definition) is 1. The summed E-state index contributed by atoms with van der Waals surface area (Å²) >= 11 is 0. The number of hydrogen-bond acceptors (Lipinski definition) is 2. The normalized spacial score (nSPS) is 26.0. The molecule has 0 radical (unpaired) electrons. The molecule has 2 unspecified atom stereocenters. The monoisotopic (exact) mass is 232 g/mol. The second kappa shape index (κ2) is 6.18. The van der Waals surface area contributed by atoms with Gasteiger partial charge in [0.15, 0.2) is 0 Å². The minimum atomic E-state index is 0.550. The molecule has 17 heavy (non-hydrogen) atoms. The highest BCUT2D eigenvalue weighted by molar-refractivity contribution is 5.20. The molecule has 0 aliphatic carbocycles. The van der Waals surface area contributed by atoms with Gasteiger partial charge in [0.05, 0.1) is 0 Å². The lowest BCUT2D eigenvalue weighted by Crippen LogP contribution is -2.52. The van der Waals surface area contributed by atoms with Gasteiger partial charge in [0.2, 0.25) is 0 Å². The molecule has 2 heteroatoms. The van der Waals surface area contributed by atoms with Crippen LogP contribution in [0.1, 0.15) is 38.3 Å². The highest BCUT2D eigenvalue weighted by Gasteiger charge is 2.26. The lowest BCUT2D eigenvalue weighted by atomic mass is 9.99. The summed E-state index contributed by atoms with van der Waals surface area (Å²) < 4.78 is 0. The van der Waals surface area contributed by atoms with Crippen LogP contribution < -0.4 is 5.32 Å². The molecular formula is C15H24N2. The molecule has 0 amide bonds. The maximum Gasteiger partial charge on any atom is 0.0473 e. The summed E-state index contributed by atoms with van der Waals surface area (Å²) in [6.07, 6.45) is 2.56. The fourth-order valence-corrected chi connectivity index (χ4v) is 2.78. The molecule has 0 saturated carbocycles. The van der Waals surface area contributed by atoms with Crippen molar-refractivity contribution in [2.24, 2.45) is 0 Å². The highest BCUT2D eigenvalue weighted by Crippen LogP contribution is 2.23. The average molecular weight is 232 g/mol. The van der Waals surface area contributed by atoms with Crippen LogP contribution in [0, 0.1) is 0 Å². The van der Waals surface area contributed by atoms with Crippen molar-refractivity contribution in [1.29, 1.82) is 0 Å². The van der Waals surface area contributed by atoms with Gasteiger partial charge in [-0.1, -0.05) is 50.6 Å². The van der Waals surface area contributed by atoms with Crippen molar-refractivity contribution in [1.82, 2.24) is 10.2 Å². The van der Waals surface area contributed by atoms with Crippen LogP contribution in [0.5, 0.6) is 0 Å². The highest BCUT2D eigenvalue weighted by atomic mass is 15.2. The molecule has 1 aromatic carbocycles. The van der Waals surface area contributed by atoms with Crippen LogP contribution in [-0.4, -0.2) is 30.6 Å². The van der Waals surface area contributed by atoms with Crippen molar-refractivity contribution in [2.75, 3.05) is 19.6 Å². The van der Waals surface area contributed by atoms with E-state index in [9.17, 15) is 0 Å². The van der Waals surface area contributed by atoms with Crippen LogP contribution in [0.15, 0.2) is 30.3 Å². The van der Waals surface area contributed by atoms with Gasteiger partial charge in [-0.25, -0.2) is 0 Å². The third-order valence-electron chi connectivity index (χ3n) is 3.72. The van der Waals surface area contributed by atoms with Crippen molar-refractivity contribution < 1.29 is 0 Å². The molecule has 1 fully saturated rings. The third kappa shape index (κ3) is 3.08. The van der Waals surface area contributed by atoms with E-state index in [1.54, 1.807) is 0 Å². The molecule has 1 aliphatic heterocycles. The smallest absolute Gasteiger partial charge is 0.0473 e. The first-order valence-corrected chi connectivity index (χ1v) is 6.87. The summed E-state index contributed by atoms with van der Waals surface area (Å²) in [7, 11) is 0. The van der Waals surface area contributed by atoms with E-state index in [1.165, 1.54) is 24.9 Å². The molecule has 2 rings (SSSR count). The van der Waals surface area contributed by atoms with Crippen molar-refractivity contribution in [3.8, 4) is 0 Å². The Balaban J connectivity index is 2.04. The van der Waals surface area contributed by atoms with E-state index in [4.69, 9.17) is 0 Å². The van der Waals surface area contributed by atoms with Crippen molar-refractivity contribution in [2.45, 2.75) is 38.8 Å². The molecular weight excluding hydrogens is 208 g/mol. The van der Waals surface area contributed by atoms with Gasteiger partial charge in [-0.15, -0.1) is 0 Å². The van der Waals surface area contributed by atoms with Gasteiger partial charge < -0.3 is 5.32 Å². The Morgan fingerprint density at radius 3 is 2.65 bits per heavy atom. The summed E-state index contributed by atoms with van der Waals surface area (Å²) in [5, 5.41) is 3.69. The van der Waals surface area contributed by atoms with Gasteiger partial charge in [-0.05, 0) is 18.5 Å². The predicted molar refractivity (Wildman–Crippen MR) is 73.1 cm³/mol. The SMILES string of the molecule is CCCC1CN(CC)C(c2ccccc2)CN1. The molecule has 0 spiro atoms. The van der Waals surface area contributed by atoms with Gasteiger partial charge in [-0.3, -0.25) is 4.90 Å². The molecule has 94 valence electrons. The Morgan fingerprint density at radius 1 is 1.24 bits per heavy atom. The van der Waals surface area contributed by atoms with Crippen molar-refractivity contribution in [3.05, 3.63) is 35.9 Å². The first-order chi connectivity index (χ1) is 8.35. The van der Waals surface area contributed by atoms with Gasteiger partial charge >= 0.3 is 0 Å². The van der Waals surface area contributed by atoms with Crippen LogP contribution in [0.4, 0.5) is 0 Å². The summed E-state index contributed by atoms with van der Waals surface area (Å²) in [5.41, 5.74) is 1.44. The van der Waals surface area contributed by atoms with Gasteiger partial charge in [0.1, 0.15) is 0 Å². The second-order valence-electron chi connectivity index (χ2n) is 4.91. The quantitative estimate of drug-likeness (QED) is 0.858. The largest absolute Gasteiger partial charge is 0.311 e. The van der Waals surface area contributed by atoms with E-state index in [2.05, 4.69) is 54.4 Å². The topological polar surface area (TPSA) is 15.3 Å². The van der Waals surface area contributed by atoms with Crippen LogP contribution in [0.25, 0.3) is 0 Å². The van der Waals surface area contributed by atoms with Crippen LogP contribution >= 0.6 is 0 Å². The third-order valence-corrected chi connectivity index (χ3v) is 3.72. The average Bonchev–Trinajstić information content (AvgIpc) is 2.40. The van der Waals surface area contributed by atoms with E-state index in [-0.39, 0.29) is 0 Å². The Bertz CT molecular complexity index is 323. The maximum atomic E-state index is 3.69. The Labute approximate surface area is 105 Å². The van der Waals surface area contributed by atoms with Crippen LogP contribution in [0.2, 0.25) is 0 Å². The molecule has 1 saturated heterocycles. The number of likely N-dealkylation sites (N-methyl/N-ethyl adjacent to an activating group) is 1. The molecule has 1 aliphatic rings. The van der Waals surface area contributed by atoms with Crippen LogP contribution in [-0.2, 0) is 0 Å². The number of benzene rings is 1. The lowest BCUT2D eigenvalue weighted by molar-refractivity contribution is 0.133. The number of nitrogens with zero attached hydrogens (tertiary/aromatic N) is 1. The zero-order valence-electron chi connectivity index (χ0n) is 11.0. The minimum Gasteiger partial charge on any atom is -0.311 e. The molecule has 1 N–H and O–H groups in total. The van der Waals surface area contributed by atoms with Gasteiger partial charge in [0.25, 0.3) is 0 Å². The second-order valence-corrected chi connectivity index (χ2v) is 4.91. The zero-order chi connectivity index (χ0) is 12.1. The van der Waals surface area contributed by atoms with E-state index < -0.39 is 0 Å². The number of piperazine rings is 1. The maximum absolute atomic E-state index is 3.69. The van der Waals surface area contributed by atoms with E-state index >= 15 is 0 Å². The summed E-state index contributed by atoms with van der Waals surface area (Å²) in [6, 6.07) is 12.1. The summed E-state index contributed by atoms with van der Waals surface area (Å²) in [4.78, 5) is 2.60. The Morgan fingerprint density at radius 2 is 2.00 bits per heavy atom. The summed E-state index contributed by atoms with van der Waals surface area (Å²) in [5.74, 6) is 0. The summed E-state index contributed by atoms with van der Waals surface area (Å²) in [6.45, 7) is 7.94. The number of nitrogens with one attached hydrogen (secondary N) is 1. The predicted octanol–water partition coefficient (Wildman–Crippen LogP) is 2.82. The van der Waals surface area contributed by atoms with E-state index in [1.807, 2.05) is 0 Å². The van der Waals surface area contributed by atoms with Crippen molar-refractivity contribution in [3.63, 3.8) is 0 Å². The molecule has 0 bridgehead atoms. The molecule has 0 aromatic heterocycles. The minimum absolute atomic E-state index is 0.550. The number of rotatable bonds is 4.